The van der Waals surface area contributed by atoms with Gasteiger partial charge in [-0.2, -0.15) is 0 Å². The third-order valence-corrected chi connectivity index (χ3v) is 7.91. The Hall–Kier alpha value is -2.77. The molecular formula is C26H24BrN3O2S. The molecule has 0 radical (unpaired) electrons. The van der Waals surface area contributed by atoms with Crippen LogP contribution in [0.4, 0.5) is 10.7 Å². The van der Waals surface area contributed by atoms with Gasteiger partial charge in [0.25, 0.3) is 0 Å². The van der Waals surface area contributed by atoms with Crippen molar-refractivity contribution in [2.24, 2.45) is 4.99 Å². The van der Waals surface area contributed by atoms with Gasteiger partial charge in [0, 0.05) is 26.2 Å². The molecule has 0 bridgehead atoms. The van der Waals surface area contributed by atoms with Gasteiger partial charge in [0.1, 0.15) is 18.1 Å². The van der Waals surface area contributed by atoms with E-state index in [9.17, 15) is 9.59 Å². The number of aryl methyl sites for hydroxylation is 2. The number of carbonyl (C=O) groups is 2. The lowest BCUT2D eigenvalue weighted by atomic mass is 9.91. The van der Waals surface area contributed by atoms with Crippen LogP contribution in [0.1, 0.15) is 40.0 Å². The number of carbonyl (C=O) groups excluding carboxylic acids is 2. The quantitative estimate of drug-likeness (QED) is 0.491. The smallest absolute Gasteiger partial charge is 0.249 e. The van der Waals surface area contributed by atoms with Crippen LogP contribution in [-0.4, -0.2) is 30.6 Å². The Kier molecular flexibility index (Phi) is 6.17. The van der Waals surface area contributed by atoms with Gasteiger partial charge in [0.05, 0.1) is 5.71 Å². The van der Waals surface area contributed by atoms with Crippen LogP contribution in [0.3, 0.4) is 0 Å². The minimum atomic E-state index is -0.211. The summed E-state index contributed by atoms with van der Waals surface area (Å²) in [6.45, 7) is 2.01. The maximum Gasteiger partial charge on any atom is 0.249 e. The SMILES string of the molecule is Cc1ccc(NC(=O)CN2C(=O)CN=C(c3ccc(Br)cc3)c3c2sc2c3CCCC2)cc1. The number of halogens is 1. The topological polar surface area (TPSA) is 61.8 Å². The summed E-state index contributed by atoms with van der Waals surface area (Å²) in [6.07, 6.45) is 4.27. The molecule has 168 valence electrons. The molecule has 2 amide bonds. The van der Waals surface area contributed by atoms with Crippen molar-refractivity contribution in [3.63, 3.8) is 0 Å². The predicted molar refractivity (Wildman–Crippen MR) is 138 cm³/mol. The average molecular weight is 522 g/mol. The first-order chi connectivity index (χ1) is 16.0. The molecule has 2 aliphatic rings. The second kappa shape index (κ2) is 9.23. The Morgan fingerprint density at radius 1 is 1.09 bits per heavy atom. The van der Waals surface area contributed by atoms with E-state index in [4.69, 9.17) is 4.99 Å². The van der Waals surface area contributed by atoms with Crippen molar-refractivity contribution in [3.05, 3.63) is 80.1 Å². The number of amides is 2. The standard InChI is InChI=1S/C26H24BrN3O2S/c1-16-6-12-19(13-7-16)29-22(31)15-30-23(32)14-28-25(17-8-10-18(27)11-9-17)24-20-4-2-3-5-21(20)33-26(24)30/h6-13H,2-5,14-15H2,1H3,(H,29,31). The molecule has 0 saturated heterocycles. The van der Waals surface area contributed by atoms with Gasteiger partial charge in [0.15, 0.2) is 0 Å². The minimum absolute atomic E-state index is 0.0256. The monoisotopic (exact) mass is 521 g/mol. The molecule has 0 atom stereocenters. The predicted octanol–water partition coefficient (Wildman–Crippen LogP) is 5.52. The third-order valence-electron chi connectivity index (χ3n) is 6.06. The first kappa shape index (κ1) is 22.0. The van der Waals surface area contributed by atoms with Crippen LogP contribution in [0, 0.1) is 6.92 Å². The second-order valence-electron chi connectivity index (χ2n) is 8.46. The molecule has 7 heteroatoms. The molecular weight excluding hydrogens is 498 g/mol. The average Bonchev–Trinajstić information content (AvgIpc) is 3.13. The van der Waals surface area contributed by atoms with Gasteiger partial charge in [-0.3, -0.25) is 19.5 Å². The highest BCUT2D eigenvalue weighted by Gasteiger charge is 2.33. The van der Waals surface area contributed by atoms with Crippen LogP contribution in [0.2, 0.25) is 0 Å². The fraction of sp³-hybridized carbons (Fsp3) is 0.269. The molecule has 3 aromatic rings. The van der Waals surface area contributed by atoms with Gasteiger partial charge in [0.2, 0.25) is 11.8 Å². The lowest BCUT2D eigenvalue weighted by Crippen LogP contribution is -2.38. The van der Waals surface area contributed by atoms with E-state index in [0.29, 0.717) is 0 Å². The van der Waals surface area contributed by atoms with Crippen LogP contribution in [-0.2, 0) is 22.4 Å². The van der Waals surface area contributed by atoms with Crippen molar-refractivity contribution in [1.29, 1.82) is 0 Å². The van der Waals surface area contributed by atoms with E-state index >= 15 is 0 Å². The maximum atomic E-state index is 13.2. The molecule has 5 nitrogen and oxygen atoms in total. The van der Waals surface area contributed by atoms with E-state index in [1.54, 1.807) is 16.2 Å². The van der Waals surface area contributed by atoms with Crippen molar-refractivity contribution in [2.75, 3.05) is 23.3 Å². The van der Waals surface area contributed by atoms with Crippen LogP contribution < -0.4 is 10.2 Å². The Balaban J connectivity index is 1.52. The number of rotatable bonds is 4. The highest BCUT2D eigenvalue weighted by atomic mass is 79.9. The fourth-order valence-corrected chi connectivity index (χ4v) is 6.06. The summed E-state index contributed by atoms with van der Waals surface area (Å²) in [5.74, 6) is -0.363. The van der Waals surface area contributed by atoms with Crippen molar-refractivity contribution in [3.8, 4) is 0 Å². The Morgan fingerprint density at radius 2 is 1.82 bits per heavy atom. The normalized spacial score (nSPS) is 15.4. The summed E-state index contributed by atoms with van der Waals surface area (Å²) in [4.78, 5) is 33.8. The number of aliphatic imine (C=N–C) groups is 1. The summed E-state index contributed by atoms with van der Waals surface area (Å²) in [7, 11) is 0. The molecule has 0 unspecified atom stereocenters. The van der Waals surface area contributed by atoms with E-state index in [0.717, 1.165) is 63.2 Å². The molecule has 1 N–H and O–H groups in total. The number of fused-ring (bicyclic) bond motifs is 3. The van der Waals surface area contributed by atoms with Gasteiger partial charge in [-0.15, -0.1) is 11.3 Å². The van der Waals surface area contributed by atoms with Crippen molar-refractivity contribution in [2.45, 2.75) is 32.6 Å². The van der Waals surface area contributed by atoms with Crippen LogP contribution in [0.25, 0.3) is 0 Å². The number of benzene rings is 2. The van der Waals surface area contributed by atoms with Crippen LogP contribution >= 0.6 is 27.3 Å². The van der Waals surface area contributed by atoms with Gasteiger partial charge >= 0.3 is 0 Å². The lowest BCUT2D eigenvalue weighted by Gasteiger charge is -2.20. The first-order valence-electron chi connectivity index (χ1n) is 11.1. The van der Waals surface area contributed by atoms with Gasteiger partial charge in [-0.1, -0.05) is 45.8 Å². The van der Waals surface area contributed by atoms with Gasteiger partial charge < -0.3 is 5.32 Å². The Labute approximate surface area is 205 Å². The van der Waals surface area contributed by atoms with Gasteiger partial charge in [-0.05, 0) is 62.4 Å². The number of nitrogens with one attached hydrogen (secondary N) is 1. The van der Waals surface area contributed by atoms with Crippen LogP contribution in [0.15, 0.2) is 58.0 Å². The van der Waals surface area contributed by atoms with E-state index in [1.165, 1.54) is 10.4 Å². The van der Waals surface area contributed by atoms with Crippen molar-refractivity contribution < 1.29 is 9.59 Å². The van der Waals surface area contributed by atoms with E-state index < -0.39 is 0 Å². The summed E-state index contributed by atoms with van der Waals surface area (Å²) in [5.41, 5.74) is 6.02. The highest BCUT2D eigenvalue weighted by molar-refractivity contribution is 9.10. The zero-order valence-electron chi connectivity index (χ0n) is 18.4. The number of nitrogens with zero attached hydrogens (tertiary/aromatic N) is 2. The minimum Gasteiger partial charge on any atom is -0.325 e. The summed E-state index contributed by atoms with van der Waals surface area (Å²) in [6, 6.07) is 15.7. The molecule has 1 aromatic heterocycles. The van der Waals surface area contributed by atoms with Crippen molar-refractivity contribution >= 4 is 55.5 Å². The molecule has 0 saturated carbocycles. The summed E-state index contributed by atoms with van der Waals surface area (Å²) < 4.78 is 0.999. The van der Waals surface area contributed by atoms with E-state index in [-0.39, 0.29) is 24.9 Å². The van der Waals surface area contributed by atoms with Crippen molar-refractivity contribution in [1.82, 2.24) is 0 Å². The maximum absolute atomic E-state index is 13.2. The summed E-state index contributed by atoms with van der Waals surface area (Å²) in [5, 5.41) is 3.78. The summed E-state index contributed by atoms with van der Waals surface area (Å²) >= 11 is 5.15. The lowest BCUT2D eigenvalue weighted by molar-refractivity contribution is -0.120. The fourth-order valence-electron chi connectivity index (χ4n) is 4.39. The first-order valence-corrected chi connectivity index (χ1v) is 12.7. The van der Waals surface area contributed by atoms with Gasteiger partial charge in [-0.25, -0.2) is 0 Å². The third kappa shape index (κ3) is 4.52. The molecule has 33 heavy (non-hydrogen) atoms. The Morgan fingerprint density at radius 3 is 2.58 bits per heavy atom. The zero-order chi connectivity index (χ0) is 22.9. The van der Waals surface area contributed by atoms with E-state index in [1.807, 2.05) is 55.5 Å². The zero-order valence-corrected chi connectivity index (χ0v) is 20.8. The molecule has 2 heterocycles. The number of hydrogen-bond acceptors (Lipinski definition) is 4. The molecule has 1 aliphatic heterocycles. The molecule has 5 rings (SSSR count). The molecule has 1 aliphatic carbocycles. The molecule has 0 fully saturated rings. The molecule has 0 spiro atoms. The number of thiophene rings is 1. The Bertz CT molecular complexity index is 1250. The number of hydrogen-bond donors (Lipinski definition) is 1. The van der Waals surface area contributed by atoms with Crippen LogP contribution in [0.5, 0.6) is 0 Å². The second-order valence-corrected chi connectivity index (χ2v) is 10.5. The van der Waals surface area contributed by atoms with E-state index in [2.05, 4.69) is 21.2 Å². The molecule has 2 aromatic carbocycles. The largest absolute Gasteiger partial charge is 0.325 e. The number of anilines is 2. The highest BCUT2D eigenvalue weighted by Crippen LogP contribution is 2.42.